The number of methoxy groups -OCH3 is 1. The molecule has 1 N–H and O–H groups in total. The molecule has 244 valence electrons. The first-order valence-electron chi connectivity index (χ1n) is 14.5. The summed E-state index contributed by atoms with van der Waals surface area (Å²) in [4.78, 5) is 26.9. The minimum atomic E-state index is -3.33. The van der Waals surface area contributed by atoms with E-state index in [1.54, 1.807) is 13.8 Å². The number of allylic oxidation sites excluding steroid dienone is 1. The van der Waals surface area contributed by atoms with Crippen LogP contribution in [-0.2, 0) is 36.9 Å². The minimum absolute atomic E-state index is 0.0216. The highest BCUT2D eigenvalue weighted by Crippen LogP contribution is 2.53. The predicted molar refractivity (Wildman–Crippen MR) is 161 cm³/mol. The Labute approximate surface area is 254 Å². The van der Waals surface area contributed by atoms with Gasteiger partial charge in [0.05, 0.1) is 51.7 Å². The van der Waals surface area contributed by atoms with Crippen molar-refractivity contribution in [1.29, 1.82) is 5.26 Å². The first-order valence-corrected chi connectivity index (χ1v) is 17.3. The van der Waals surface area contributed by atoms with E-state index in [1.807, 2.05) is 27.7 Å². The third-order valence-electron chi connectivity index (χ3n) is 6.09. The average Bonchev–Trinajstić information content (AvgIpc) is 3.25. The zero-order valence-corrected chi connectivity index (χ0v) is 27.9. The first kappa shape index (κ1) is 37.1. The zero-order chi connectivity index (χ0) is 32.0. The van der Waals surface area contributed by atoms with Gasteiger partial charge in [0.15, 0.2) is 11.9 Å². The Hall–Kier alpha value is -2.07. The molecule has 43 heavy (non-hydrogen) atoms. The molecule has 1 aliphatic rings. The Morgan fingerprint density at radius 1 is 1.14 bits per heavy atom. The molecule has 2 unspecified atom stereocenters. The Kier molecular flexibility index (Phi) is 16.1. The number of aromatic amines is 1. The van der Waals surface area contributed by atoms with Gasteiger partial charge in [-0.05, 0) is 48.0 Å². The fourth-order valence-corrected chi connectivity index (χ4v) is 7.77. The molecule has 1 aromatic heterocycles. The van der Waals surface area contributed by atoms with Gasteiger partial charge in [-0.25, -0.2) is 9.46 Å². The third kappa shape index (κ3) is 11.1. The van der Waals surface area contributed by atoms with Gasteiger partial charge < -0.3 is 32.3 Å². The van der Waals surface area contributed by atoms with Crippen molar-refractivity contribution in [2.24, 2.45) is 0 Å². The summed E-state index contributed by atoms with van der Waals surface area (Å²) < 4.78 is 57.8. The van der Waals surface area contributed by atoms with Crippen LogP contribution in [0.25, 0.3) is 0 Å². The SMILES string of the molecule is CCOP(=O)(CCCC1=C(OP(OCCC#N)N(C(C)C)C(C)C)C(OCCOC)[C@H](n2ccc(=O)[nH]c2=O)O1)OCC. The molecule has 0 saturated carbocycles. The maximum Gasteiger partial charge on any atom is 0.331 e. The van der Waals surface area contributed by atoms with E-state index in [4.69, 9.17) is 37.6 Å². The minimum Gasteiger partial charge on any atom is -0.467 e. The lowest BCUT2D eigenvalue weighted by atomic mass is 10.2. The van der Waals surface area contributed by atoms with E-state index in [2.05, 4.69) is 15.7 Å². The molecule has 0 radical (unpaired) electrons. The lowest BCUT2D eigenvalue weighted by molar-refractivity contribution is -0.0636. The molecule has 0 aromatic carbocycles. The fourth-order valence-electron chi connectivity index (χ4n) is 4.45. The van der Waals surface area contributed by atoms with Crippen LogP contribution in [0.2, 0.25) is 0 Å². The summed E-state index contributed by atoms with van der Waals surface area (Å²) in [5.74, 6) is 0.671. The van der Waals surface area contributed by atoms with Gasteiger partial charge in [-0.1, -0.05) is 0 Å². The Bertz CT molecular complexity index is 1210. The first-order chi connectivity index (χ1) is 20.5. The molecule has 2 rings (SSSR count). The van der Waals surface area contributed by atoms with E-state index in [-0.39, 0.29) is 64.1 Å². The number of H-pyrrole nitrogens is 1. The van der Waals surface area contributed by atoms with Gasteiger partial charge in [-0.2, -0.15) is 5.26 Å². The summed E-state index contributed by atoms with van der Waals surface area (Å²) in [6.45, 7) is 12.6. The number of hydrogen-bond acceptors (Lipinski definition) is 12. The van der Waals surface area contributed by atoms with Crippen molar-refractivity contribution in [2.75, 3.05) is 46.3 Å². The van der Waals surface area contributed by atoms with Gasteiger partial charge in [-0.15, -0.1) is 0 Å². The summed E-state index contributed by atoms with van der Waals surface area (Å²) in [6.07, 6.45) is 0.279. The van der Waals surface area contributed by atoms with Gasteiger partial charge in [0.25, 0.3) is 5.56 Å². The second-order valence-electron chi connectivity index (χ2n) is 10.0. The van der Waals surface area contributed by atoms with Crippen LogP contribution in [-0.4, -0.2) is 78.7 Å². The highest BCUT2D eigenvalue weighted by Gasteiger charge is 2.44. The van der Waals surface area contributed by atoms with Gasteiger partial charge >= 0.3 is 21.8 Å². The highest BCUT2D eigenvalue weighted by molar-refractivity contribution is 7.53. The lowest BCUT2D eigenvalue weighted by Gasteiger charge is -2.36. The summed E-state index contributed by atoms with van der Waals surface area (Å²) in [5, 5.41) is 9.13. The maximum atomic E-state index is 13.1. The monoisotopic (exact) mass is 648 g/mol. The normalized spacial score (nSPS) is 18.0. The summed E-state index contributed by atoms with van der Waals surface area (Å²) in [6, 6.07) is 3.35. The van der Waals surface area contributed by atoms with E-state index >= 15 is 0 Å². The second kappa shape index (κ2) is 18.7. The zero-order valence-electron chi connectivity index (χ0n) is 26.1. The lowest BCUT2D eigenvalue weighted by Crippen LogP contribution is -2.38. The van der Waals surface area contributed by atoms with Crippen LogP contribution in [0.3, 0.4) is 0 Å². The van der Waals surface area contributed by atoms with E-state index < -0.39 is 39.7 Å². The van der Waals surface area contributed by atoms with E-state index in [0.29, 0.717) is 17.9 Å². The molecule has 0 bridgehead atoms. The molecule has 0 amide bonds. The van der Waals surface area contributed by atoms with E-state index in [0.717, 1.165) is 0 Å². The largest absolute Gasteiger partial charge is 0.467 e. The van der Waals surface area contributed by atoms with Crippen LogP contribution < -0.4 is 11.2 Å². The molecule has 14 nitrogen and oxygen atoms in total. The number of nitrogens with one attached hydrogen (secondary N) is 1. The Morgan fingerprint density at radius 2 is 1.81 bits per heavy atom. The van der Waals surface area contributed by atoms with Crippen LogP contribution in [0.5, 0.6) is 0 Å². The summed E-state index contributed by atoms with van der Waals surface area (Å²) >= 11 is 0. The second-order valence-corrected chi connectivity index (χ2v) is 13.6. The molecular weight excluding hydrogens is 602 g/mol. The van der Waals surface area contributed by atoms with Crippen LogP contribution >= 0.6 is 16.1 Å². The van der Waals surface area contributed by atoms with Gasteiger partial charge in [0.1, 0.15) is 5.76 Å². The highest BCUT2D eigenvalue weighted by atomic mass is 31.2. The average molecular weight is 649 g/mol. The number of nitrogens with zero attached hydrogens (tertiary/aromatic N) is 3. The predicted octanol–water partition coefficient (Wildman–Crippen LogP) is 4.65. The smallest absolute Gasteiger partial charge is 0.331 e. The van der Waals surface area contributed by atoms with Crippen LogP contribution in [0, 0.1) is 11.3 Å². The third-order valence-corrected chi connectivity index (χ3v) is 10.3. The fraction of sp³-hybridized carbons (Fsp3) is 0.741. The number of hydrogen-bond donors (Lipinski definition) is 1. The number of rotatable bonds is 21. The van der Waals surface area contributed by atoms with Crippen LogP contribution in [0.4, 0.5) is 0 Å². The van der Waals surface area contributed by atoms with E-state index in [9.17, 15) is 14.2 Å². The molecule has 16 heteroatoms. The molecular formula is C27H46N4O10P2. The quantitative estimate of drug-likeness (QED) is 0.145. The molecule has 0 fully saturated rings. The number of nitriles is 1. The molecule has 1 aliphatic heterocycles. The van der Waals surface area contributed by atoms with Crippen molar-refractivity contribution in [3.63, 3.8) is 0 Å². The van der Waals surface area contributed by atoms with Gasteiger partial charge in [0.2, 0.25) is 6.23 Å². The molecule has 0 saturated heterocycles. The van der Waals surface area contributed by atoms with Crippen molar-refractivity contribution < 1.29 is 36.9 Å². The summed E-state index contributed by atoms with van der Waals surface area (Å²) in [7, 11) is -3.55. The molecule has 1 aromatic rings. The Balaban J connectivity index is 2.57. The topological polar surface area (TPSA) is 164 Å². The van der Waals surface area contributed by atoms with Gasteiger partial charge in [-0.3, -0.25) is 18.9 Å². The standard InChI is InChI=1S/C27H46N4O10P2/c1-8-38-43(34,39-9-2)19-10-12-22-24(41-42(37-16-11-14-28)31(20(3)4)21(5)6)25(36-18-17-35-7)26(40-22)30-15-13-23(32)29-27(30)33/h13,15,20-21,25-26H,8-12,16-19H2,1-7H3,(H,29,32,33)/t25?,26-,42?/m1/s1. The van der Waals surface area contributed by atoms with Crippen molar-refractivity contribution >= 4 is 16.1 Å². The van der Waals surface area contributed by atoms with Crippen LogP contribution in [0.1, 0.15) is 67.0 Å². The molecule has 2 heterocycles. The van der Waals surface area contributed by atoms with E-state index in [1.165, 1.54) is 23.9 Å². The maximum absolute atomic E-state index is 13.1. The number of ether oxygens (including phenoxy) is 3. The van der Waals surface area contributed by atoms with Crippen molar-refractivity contribution in [3.05, 3.63) is 44.6 Å². The van der Waals surface area contributed by atoms with Crippen LogP contribution in [0.15, 0.2) is 33.4 Å². The van der Waals surface area contributed by atoms with Crippen molar-refractivity contribution in [3.8, 4) is 6.07 Å². The summed E-state index contributed by atoms with van der Waals surface area (Å²) in [5.41, 5.74) is -1.24. The van der Waals surface area contributed by atoms with Gasteiger partial charge in [0, 0.05) is 37.9 Å². The number of aromatic nitrogens is 2. The van der Waals surface area contributed by atoms with Crippen molar-refractivity contribution in [1.82, 2.24) is 14.2 Å². The molecule has 0 spiro atoms. The Morgan fingerprint density at radius 3 is 2.37 bits per heavy atom. The molecule has 3 atom stereocenters. The molecule has 0 aliphatic carbocycles. The van der Waals surface area contributed by atoms with Crippen molar-refractivity contribution in [2.45, 2.75) is 85.2 Å².